The van der Waals surface area contributed by atoms with E-state index in [9.17, 15) is 14.3 Å². The van der Waals surface area contributed by atoms with Crippen LogP contribution in [0.5, 0.6) is 5.75 Å². The average Bonchev–Trinajstić information content (AvgIpc) is 2.38. The Labute approximate surface area is 106 Å². The molecule has 1 fully saturated rings. The second-order valence-electron chi connectivity index (χ2n) is 4.85. The molecule has 0 atom stereocenters. The number of carbonyl (C=O) groups excluding carboxylic acids is 1. The largest absolute Gasteiger partial charge is 0.487 e. The zero-order valence-corrected chi connectivity index (χ0v) is 10.2. The molecular formula is C14H17FO3. The molecule has 1 aromatic rings. The molecule has 0 heterocycles. The van der Waals surface area contributed by atoms with E-state index >= 15 is 0 Å². The van der Waals surface area contributed by atoms with Gasteiger partial charge in [0.1, 0.15) is 6.61 Å². The summed E-state index contributed by atoms with van der Waals surface area (Å²) in [5.41, 5.74) is -0.713. The minimum absolute atomic E-state index is 0.0365. The first-order chi connectivity index (χ1) is 8.64. The quantitative estimate of drug-likeness (QED) is 0.838. The lowest BCUT2D eigenvalue weighted by Gasteiger charge is -2.31. The van der Waals surface area contributed by atoms with Gasteiger partial charge in [-0.05, 0) is 25.0 Å². The van der Waals surface area contributed by atoms with Crippen molar-refractivity contribution >= 4 is 6.29 Å². The van der Waals surface area contributed by atoms with Gasteiger partial charge in [0.2, 0.25) is 0 Å². The highest BCUT2D eigenvalue weighted by atomic mass is 19.1. The van der Waals surface area contributed by atoms with Gasteiger partial charge in [0, 0.05) is 0 Å². The molecule has 0 amide bonds. The number of hydrogen-bond donors (Lipinski definition) is 1. The molecule has 0 radical (unpaired) electrons. The minimum atomic E-state index is -0.888. The topological polar surface area (TPSA) is 46.5 Å². The van der Waals surface area contributed by atoms with Gasteiger partial charge in [-0.2, -0.15) is 0 Å². The van der Waals surface area contributed by atoms with Gasteiger partial charge in [0.05, 0.1) is 11.2 Å². The van der Waals surface area contributed by atoms with Crippen molar-refractivity contribution in [3.8, 4) is 5.75 Å². The van der Waals surface area contributed by atoms with E-state index in [1.807, 2.05) is 0 Å². The molecule has 98 valence electrons. The van der Waals surface area contributed by atoms with Crippen molar-refractivity contribution < 1.29 is 19.0 Å². The molecule has 0 saturated heterocycles. The summed E-state index contributed by atoms with van der Waals surface area (Å²) in [4.78, 5) is 10.8. The van der Waals surface area contributed by atoms with Crippen molar-refractivity contribution in [2.24, 2.45) is 0 Å². The van der Waals surface area contributed by atoms with Crippen molar-refractivity contribution in [3.05, 3.63) is 29.6 Å². The Morgan fingerprint density at radius 1 is 1.33 bits per heavy atom. The molecule has 1 aliphatic rings. The van der Waals surface area contributed by atoms with E-state index in [-0.39, 0.29) is 17.9 Å². The number of carbonyl (C=O) groups is 1. The molecule has 1 N–H and O–H groups in total. The van der Waals surface area contributed by atoms with Gasteiger partial charge in [-0.3, -0.25) is 4.79 Å². The Bertz CT molecular complexity index is 425. The second kappa shape index (κ2) is 5.48. The van der Waals surface area contributed by atoms with Gasteiger partial charge in [0.15, 0.2) is 17.9 Å². The average molecular weight is 252 g/mol. The first-order valence-corrected chi connectivity index (χ1v) is 6.23. The Kier molecular flexibility index (Phi) is 3.97. The van der Waals surface area contributed by atoms with Crippen LogP contribution < -0.4 is 4.74 Å². The Morgan fingerprint density at radius 2 is 2.06 bits per heavy atom. The number of halogens is 1. The summed E-state index contributed by atoms with van der Waals surface area (Å²) in [5.74, 6) is -0.634. The molecule has 18 heavy (non-hydrogen) atoms. The van der Waals surface area contributed by atoms with Crippen molar-refractivity contribution in [3.63, 3.8) is 0 Å². The van der Waals surface area contributed by atoms with Crippen LogP contribution in [0.4, 0.5) is 4.39 Å². The third-order valence-electron chi connectivity index (χ3n) is 3.39. The Balaban J connectivity index is 2.07. The third kappa shape index (κ3) is 2.88. The summed E-state index contributed by atoms with van der Waals surface area (Å²) >= 11 is 0. The van der Waals surface area contributed by atoms with Crippen molar-refractivity contribution in [1.29, 1.82) is 0 Å². The first-order valence-electron chi connectivity index (χ1n) is 6.23. The van der Waals surface area contributed by atoms with Crippen LogP contribution in [0, 0.1) is 5.82 Å². The van der Waals surface area contributed by atoms with Gasteiger partial charge >= 0.3 is 0 Å². The lowest BCUT2D eigenvalue weighted by atomic mass is 9.85. The SMILES string of the molecule is O=Cc1cccc(F)c1OCC1(O)CCCCC1. The summed E-state index contributed by atoms with van der Waals surface area (Å²) in [5, 5.41) is 10.3. The molecule has 2 rings (SSSR count). The molecule has 0 spiro atoms. The minimum Gasteiger partial charge on any atom is -0.487 e. The van der Waals surface area contributed by atoms with Crippen LogP contribution in [0.25, 0.3) is 0 Å². The summed E-state index contributed by atoms with van der Waals surface area (Å²) < 4.78 is 18.9. The number of para-hydroxylation sites is 1. The number of rotatable bonds is 4. The summed E-state index contributed by atoms with van der Waals surface area (Å²) in [6, 6.07) is 4.20. The van der Waals surface area contributed by atoms with Crippen LogP contribution in [-0.2, 0) is 0 Å². The fraction of sp³-hybridized carbons (Fsp3) is 0.500. The number of benzene rings is 1. The number of hydrogen-bond acceptors (Lipinski definition) is 3. The zero-order chi connectivity index (χ0) is 13.0. The third-order valence-corrected chi connectivity index (χ3v) is 3.39. The summed E-state index contributed by atoms with van der Waals surface area (Å²) in [7, 11) is 0. The lowest BCUT2D eigenvalue weighted by molar-refractivity contribution is -0.0348. The molecule has 0 aliphatic heterocycles. The standard InChI is InChI=1S/C14H17FO3/c15-12-6-4-5-11(9-16)13(12)18-10-14(17)7-2-1-3-8-14/h4-6,9,17H,1-3,7-8,10H2. The maximum absolute atomic E-state index is 13.6. The van der Waals surface area contributed by atoms with Crippen LogP contribution in [0.1, 0.15) is 42.5 Å². The lowest BCUT2D eigenvalue weighted by Crippen LogP contribution is -2.38. The molecule has 4 heteroatoms. The Hall–Kier alpha value is -1.42. The highest BCUT2D eigenvalue weighted by Gasteiger charge is 2.30. The normalized spacial score (nSPS) is 18.3. The van der Waals surface area contributed by atoms with Crippen LogP contribution >= 0.6 is 0 Å². The predicted molar refractivity (Wildman–Crippen MR) is 65.3 cm³/mol. The van der Waals surface area contributed by atoms with Gasteiger partial charge in [-0.25, -0.2) is 4.39 Å². The van der Waals surface area contributed by atoms with Gasteiger partial charge in [0.25, 0.3) is 0 Å². The predicted octanol–water partition coefficient (Wildman–Crippen LogP) is 2.71. The van der Waals surface area contributed by atoms with Gasteiger partial charge < -0.3 is 9.84 Å². The van der Waals surface area contributed by atoms with Crippen molar-refractivity contribution in [2.75, 3.05) is 6.61 Å². The van der Waals surface area contributed by atoms with E-state index in [1.165, 1.54) is 18.2 Å². The molecule has 1 saturated carbocycles. The molecule has 0 unspecified atom stereocenters. The van der Waals surface area contributed by atoms with Crippen LogP contribution in [0.2, 0.25) is 0 Å². The number of ether oxygens (including phenoxy) is 1. The fourth-order valence-corrected chi connectivity index (χ4v) is 2.33. The molecule has 0 bridgehead atoms. The maximum atomic E-state index is 13.6. The van der Waals surface area contributed by atoms with E-state index in [2.05, 4.69) is 0 Å². The van der Waals surface area contributed by atoms with E-state index in [4.69, 9.17) is 4.74 Å². The summed E-state index contributed by atoms with van der Waals surface area (Å²) in [6.45, 7) is 0.0365. The van der Waals surface area contributed by atoms with E-state index in [0.29, 0.717) is 19.1 Å². The summed E-state index contributed by atoms with van der Waals surface area (Å²) in [6.07, 6.45) is 4.91. The monoisotopic (exact) mass is 252 g/mol. The zero-order valence-electron chi connectivity index (χ0n) is 10.2. The molecule has 3 nitrogen and oxygen atoms in total. The van der Waals surface area contributed by atoms with E-state index in [1.54, 1.807) is 0 Å². The molecular weight excluding hydrogens is 235 g/mol. The van der Waals surface area contributed by atoms with Crippen LogP contribution in [0.15, 0.2) is 18.2 Å². The smallest absolute Gasteiger partial charge is 0.165 e. The second-order valence-corrected chi connectivity index (χ2v) is 4.85. The Morgan fingerprint density at radius 3 is 2.72 bits per heavy atom. The highest BCUT2D eigenvalue weighted by Crippen LogP contribution is 2.30. The van der Waals surface area contributed by atoms with Crippen molar-refractivity contribution in [1.82, 2.24) is 0 Å². The van der Waals surface area contributed by atoms with Crippen LogP contribution in [0.3, 0.4) is 0 Å². The van der Waals surface area contributed by atoms with E-state index < -0.39 is 11.4 Å². The van der Waals surface area contributed by atoms with Gasteiger partial charge in [-0.1, -0.05) is 25.3 Å². The van der Waals surface area contributed by atoms with Crippen molar-refractivity contribution in [2.45, 2.75) is 37.7 Å². The molecule has 1 aliphatic carbocycles. The highest BCUT2D eigenvalue weighted by molar-refractivity contribution is 5.79. The molecule has 0 aromatic heterocycles. The first kappa shape index (κ1) is 13.0. The van der Waals surface area contributed by atoms with E-state index in [0.717, 1.165) is 19.3 Å². The number of aldehydes is 1. The fourth-order valence-electron chi connectivity index (χ4n) is 2.33. The molecule has 1 aromatic carbocycles. The maximum Gasteiger partial charge on any atom is 0.165 e. The number of aliphatic hydroxyl groups is 1. The van der Waals surface area contributed by atoms with Gasteiger partial charge in [-0.15, -0.1) is 0 Å². The van der Waals surface area contributed by atoms with Crippen LogP contribution in [-0.4, -0.2) is 23.6 Å².